The number of benzene rings is 2. The molecule has 0 aliphatic carbocycles. The van der Waals surface area contributed by atoms with Gasteiger partial charge in [0.05, 0.1) is 30.1 Å². The zero-order valence-electron chi connectivity index (χ0n) is 16.7. The molecule has 0 saturated heterocycles. The van der Waals surface area contributed by atoms with Crippen LogP contribution in [0.15, 0.2) is 47.0 Å². The molecule has 2 aromatic carbocycles. The van der Waals surface area contributed by atoms with Crippen LogP contribution < -0.4 is 10.1 Å². The number of nitrogens with zero attached hydrogens (tertiary/aromatic N) is 2. The molecule has 0 atom stereocenters. The Morgan fingerprint density at radius 3 is 2.57 bits per heavy atom. The summed E-state index contributed by atoms with van der Waals surface area (Å²) in [5, 5.41) is 9.28. The number of aromatic nitrogens is 2. The smallest absolute Gasteiger partial charge is 0.259 e. The van der Waals surface area contributed by atoms with Crippen molar-refractivity contribution < 1.29 is 13.9 Å². The first-order valence-corrected chi connectivity index (χ1v) is 9.15. The number of rotatable bonds is 3. The van der Waals surface area contributed by atoms with Crippen LogP contribution in [-0.2, 0) is 5.54 Å². The summed E-state index contributed by atoms with van der Waals surface area (Å²) >= 11 is 0. The van der Waals surface area contributed by atoms with E-state index in [1.165, 1.54) is 0 Å². The Morgan fingerprint density at radius 2 is 1.89 bits per heavy atom. The summed E-state index contributed by atoms with van der Waals surface area (Å²) < 4.78 is 13.3. The Bertz CT molecular complexity index is 1200. The van der Waals surface area contributed by atoms with E-state index < -0.39 is 0 Å². The molecule has 1 amide bonds. The van der Waals surface area contributed by atoms with E-state index >= 15 is 0 Å². The number of ether oxygens (including phenoxy) is 1. The van der Waals surface area contributed by atoms with Crippen molar-refractivity contribution >= 4 is 33.5 Å². The molecule has 144 valence electrons. The van der Waals surface area contributed by atoms with Gasteiger partial charge in [0, 0.05) is 22.5 Å². The molecule has 1 N–H and O–H groups in total. The molecule has 0 bridgehead atoms. The van der Waals surface area contributed by atoms with Crippen molar-refractivity contribution in [3.05, 3.63) is 53.9 Å². The van der Waals surface area contributed by atoms with Gasteiger partial charge in [0.1, 0.15) is 16.9 Å². The number of hydrogen-bond acceptors (Lipinski definition) is 4. The highest BCUT2D eigenvalue weighted by Gasteiger charge is 2.22. The first-order valence-electron chi connectivity index (χ1n) is 9.15. The molecule has 2 aromatic heterocycles. The normalized spacial score (nSPS) is 11.9. The minimum Gasteiger partial charge on any atom is -0.495 e. The van der Waals surface area contributed by atoms with Gasteiger partial charge in [-0.1, -0.05) is 18.2 Å². The lowest BCUT2D eigenvalue weighted by Gasteiger charge is -2.21. The van der Waals surface area contributed by atoms with Crippen LogP contribution in [0, 0.1) is 6.92 Å². The topological polar surface area (TPSA) is 69.3 Å². The van der Waals surface area contributed by atoms with Gasteiger partial charge in [-0.15, -0.1) is 0 Å². The summed E-state index contributed by atoms with van der Waals surface area (Å²) in [6, 6.07) is 11.5. The predicted octanol–water partition coefficient (Wildman–Crippen LogP) is 5.11. The summed E-state index contributed by atoms with van der Waals surface area (Å²) in [5.74, 6) is 0.343. The lowest BCUT2D eigenvalue weighted by atomic mass is 10.1. The molecule has 4 rings (SSSR count). The van der Waals surface area contributed by atoms with Crippen molar-refractivity contribution in [3.8, 4) is 5.75 Å². The fourth-order valence-corrected chi connectivity index (χ4v) is 3.52. The van der Waals surface area contributed by atoms with Gasteiger partial charge in [0.25, 0.3) is 5.91 Å². The van der Waals surface area contributed by atoms with E-state index in [1.807, 2.05) is 62.7 Å². The average Bonchev–Trinajstić information content (AvgIpc) is 3.20. The first kappa shape index (κ1) is 18.1. The molecule has 6 nitrogen and oxygen atoms in total. The third-order valence-corrected chi connectivity index (χ3v) is 4.84. The van der Waals surface area contributed by atoms with Gasteiger partial charge in [-0.3, -0.25) is 9.48 Å². The Labute approximate surface area is 163 Å². The summed E-state index contributed by atoms with van der Waals surface area (Å²) in [4.78, 5) is 12.9. The second kappa shape index (κ2) is 6.41. The molecule has 6 heteroatoms. The number of fused-ring (bicyclic) bond motifs is 3. The SMILES string of the molecule is COc1cc2c(cc1NC(=O)c1cnn(C(C)(C)C)c1C)oc1ccccc12. The number of carbonyl (C=O) groups excluding carboxylic acids is 1. The molecule has 0 fully saturated rings. The molecule has 0 aliphatic rings. The van der Waals surface area contributed by atoms with E-state index in [0.29, 0.717) is 22.6 Å². The van der Waals surface area contributed by atoms with Crippen LogP contribution in [0.2, 0.25) is 0 Å². The van der Waals surface area contributed by atoms with Crippen molar-refractivity contribution in [2.24, 2.45) is 0 Å². The Morgan fingerprint density at radius 1 is 1.14 bits per heavy atom. The first-order chi connectivity index (χ1) is 13.3. The number of methoxy groups -OCH3 is 1. The van der Waals surface area contributed by atoms with Crippen LogP contribution in [0.5, 0.6) is 5.75 Å². The van der Waals surface area contributed by atoms with Gasteiger partial charge in [0.2, 0.25) is 0 Å². The quantitative estimate of drug-likeness (QED) is 0.539. The minimum atomic E-state index is -0.234. The van der Waals surface area contributed by atoms with Gasteiger partial charge < -0.3 is 14.5 Å². The Kier molecular flexibility index (Phi) is 4.14. The number of amides is 1. The van der Waals surface area contributed by atoms with Crippen molar-refractivity contribution in [3.63, 3.8) is 0 Å². The second-order valence-corrected chi connectivity index (χ2v) is 7.83. The highest BCUT2D eigenvalue weighted by atomic mass is 16.5. The molecule has 2 heterocycles. The number of anilines is 1. The Hall–Kier alpha value is -3.28. The number of para-hydroxylation sites is 1. The van der Waals surface area contributed by atoms with Gasteiger partial charge in [-0.25, -0.2) is 0 Å². The van der Waals surface area contributed by atoms with E-state index in [0.717, 1.165) is 22.0 Å². The van der Waals surface area contributed by atoms with E-state index in [9.17, 15) is 4.79 Å². The molecule has 0 unspecified atom stereocenters. The number of nitrogens with one attached hydrogen (secondary N) is 1. The highest BCUT2D eigenvalue weighted by molar-refractivity contribution is 6.10. The fraction of sp³-hybridized carbons (Fsp3) is 0.273. The largest absolute Gasteiger partial charge is 0.495 e. The van der Waals surface area contributed by atoms with E-state index in [1.54, 1.807) is 19.4 Å². The third-order valence-electron chi connectivity index (χ3n) is 4.84. The monoisotopic (exact) mass is 377 g/mol. The van der Waals surface area contributed by atoms with E-state index in [4.69, 9.17) is 9.15 Å². The summed E-state index contributed by atoms with van der Waals surface area (Å²) in [7, 11) is 1.59. The lowest BCUT2D eigenvalue weighted by Crippen LogP contribution is -2.25. The Balaban J connectivity index is 1.74. The summed E-state index contributed by atoms with van der Waals surface area (Å²) in [6.45, 7) is 8.04. The fourth-order valence-electron chi connectivity index (χ4n) is 3.52. The molecule has 0 aliphatic heterocycles. The van der Waals surface area contributed by atoms with Crippen molar-refractivity contribution in [1.82, 2.24) is 9.78 Å². The van der Waals surface area contributed by atoms with Crippen molar-refractivity contribution in [2.45, 2.75) is 33.2 Å². The predicted molar refractivity (Wildman–Crippen MR) is 110 cm³/mol. The molecular weight excluding hydrogens is 354 g/mol. The molecule has 0 radical (unpaired) electrons. The van der Waals surface area contributed by atoms with Crippen LogP contribution in [0.25, 0.3) is 21.9 Å². The molecule has 4 aromatic rings. The van der Waals surface area contributed by atoms with Crippen LogP contribution >= 0.6 is 0 Å². The number of furan rings is 1. The van der Waals surface area contributed by atoms with Crippen LogP contribution in [0.1, 0.15) is 36.8 Å². The van der Waals surface area contributed by atoms with Gasteiger partial charge in [-0.05, 0) is 39.8 Å². The summed E-state index contributed by atoms with van der Waals surface area (Å²) in [5.41, 5.74) is 3.19. The maximum absolute atomic E-state index is 12.9. The zero-order valence-corrected chi connectivity index (χ0v) is 16.7. The lowest BCUT2D eigenvalue weighted by molar-refractivity contribution is 0.102. The third kappa shape index (κ3) is 2.91. The van der Waals surface area contributed by atoms with E-state index in [2.05, 4.69) is 10.4 Å². The average molecular weight is 377 g/mol. The summed E-state index contributed by atoms with van der Waals surface area (Å²) in [6.07, 6.45) is 1.60. The molecule has 0 saturated carbocycles. The van der Waals surface area contributed by atoms with Crippen molar-refractivity contribution in [2.75, 3.05) is 12.4 Å². The van der Waals surface area contributed by atoms with E-state index in [-0.39, 0.29) is 11.4 Å². The van der Waals surface area contributed by atoms with Gasteiger partial charge >= 0.3 is 0 Å². The van der Waals surface area contributed by atoms with Crippen LogP contribution in [0.4, 0.5) is 5.69 Å². The number of carbonyl (C=O) groups is 1. The molecule has 0 spiro atoms. The van der Waals surface area contributed by atoms with Crippen LogP contribution in [0.3, 0.4) is 0 Å². The van der Waals surface area contributed by atoms with Gasteiger partial charge in [-0.2, -0.15) is 5.10 Å². The standard InChI is InChI=1S/C22H23N3O3/c1-13-16(12-23-25(13)22(2,3)4)21(26)24-17-11-19-15(10-20(17)27-5)14-8-6-7-9-18(14)28-19/h6-12H,1-5H3,(H,24,26). The van der Waals surface area contributed by atoms with Crippen molar-refractivity contribution in [1.29, 1.82) is 0 Å². The number of hydrogen-bond donors (Lipinski definition) is 1. The maximum atomic E-state index is 12.9. The zero-order chi connectivity index (χ0) is 20.1. The maximum Gasteiger partial charge on any atom is 0.259 e. The van der Waals surface area contributed by atoms with Gasteiger partial charge in [0.15, 0.2) is 0 Å². The second-order valence-electron chi connectivity index (χ2n) is 7.83. The van der Waals surface area contributed by atoms with Crippen LogP contribution in [-0.4, -0.2) is 22.8 Å². The highest BCUT2D eigenvalue weighted by Crippen LogP contribution is 2.36. The molecule has 28 heavy (non-hydrogen) atoms. The molecular formula is C22H23N3O3. The minimum absolute atomic E-state index is 0.201.